The molecule has 95 valence electrons. The summed E-state index contributed by atoms with van der Waals surface area (Å²) in [5, 5.41) is 3.58. The highest BCUT2D eigenvalue weighted by Gasteiger charge is 2.18. The average Bonchev–Trinajstić information content (AvgIpc) is 2.53. The zero-order valence-electron chi connectivity index (χ0n) is 10.8. The molecule has 1 heterocycles. The van der Waals surface area contributed by atoms with Crippen molar-refractivity contribution >= 4 is 23.1 Å². The fraction of sp³-hybridized carbons (Fsp3) is 0. The molecule has 0 atom stereocenters. The quantitative estimate of drug-likeness (QED) is 0.501. The summed E-state index contributed by atoms with van der Waals surface area (Å²) in [7, 11) is 0. The van der Waals surface area contributed by atoms with Crippen molar-refractivity contribution in [3.8, 4) is 11.1 Å². The number of para-hydroxylation sites is 2. The molecular formula is C18H12NS. The third-order valence-corrected chi connectivity index (χ3v) is 4.56. The smallest absolute Gasteiger partial charge is 0.0606 e. The molecule has 20 heavy (non-hydrogen) atoms. The average molecular weight is 274 g/mol. The van der Waals surface area contributed by atoms with E-state index in [1.54, 1.807) is 0 Å². The molecular weight excluding hydrogens is 262 g/mol. The molecule has 0 fully saturated rings. The van der Waals surface area contributed by atoms with Crippen molar-refractivity contribution in [3.05, 3.63) is 72.8 Å². The van der Waals surface area contributed by atoms with Crippen LogP contribution in [0.3, 0.4) is 0 Å². The Hall–Kier alpha value is -2.19. The van der Waals surface area contributed by atoms with Gasteiger partial charge in [-0.2, -0.15) is 0 Å². The fourth-order valence-corrected chi connectivity index (χ4v) is 3.49. The molecule has 3 aromatic carbocycles. The largest absolute Gasteiger partial charge is 0.353 e. The monoisotopic (exact) mass is 274 g/mol. The van der Waals surface area contributed by atoms with Crippen molar-refractivity contribution in [1.82, 2.24) is 0 Å². The first-order chi connectivity index (χ1) is 9.92. The summed E-state index contributed by atoms with van der Waals surface area (Å²) in [4.78, 5) is 2.55. The van der Waals surface area contributed by atoms with Crippen molar-refractivity contribution in [3.63, 3.8) is 0 Å². The van der Waals surface area contributed by atoms with E-state index in [2.05, 4.69) is 66.0 Å². The van der Waals surface area contributed by atoms with Gasteiger partial charge in [-0.3, -0.25) is 0 Å². The lowest BCUT2D eigenvalue weighted by molar-refractivity contribution is 1.31. The Morgan fingerprint density at radius 3 is 2.50 bits per heavy atom. The third kappa shape index (κ3) is 1.89. The molecule has 4 rings (SSSR count). The van der Waals surface area contributed by atoms with Crippen LogP contribution >= 0.6 is 11.8 Å². The SMILES string of the molecule is [c]1ccc(-c2cccc3c2Nc2ccccc2S3)cc1. The van der Waals surface area contributed by atoms with Gasteiger partial charge >= 0.3 is 0 Å². The van der Waals surface area contributed by atoms with Crippen molar-refractivity contribution in [2.45, 2.75) is 9.79 Å². The summed E-state index contributed by atoms with van der Waals surface area (Å²) >= 11 is 1.82. The summed E-state index contributed by atoms with van der Waals surface area (Å²) < 4.78 is 0. The van der Waals surface area contributed by atoms with Crippen molar-refractivity contribution < 1.29 is 0 Å². The van der Waals surface area contributed by atoms with E-state index >= 15 is 0 Å². The summed E-state index contributed by atoms with van der Waals surface area (Å²) in [6.45, 7) is 0. The Balaban J connectivity index is 1.87. The molecule has 0 saturated heterocycles. The number of nitrogens with one attached hydrogen (secondary N) is 1. The molecule has 1 aliphatic rings. The second-order valence-corrected chi connectivity index (χ2v) is 5.77. The van der Waals surface area contributed by atoms with Gasteiger partial charge in [0.2, 0.25) is 0 Å². The van der Waals surface area contributed by atoms with Crippen LogP contribution in [0.25, 0.3) is 11.1 Å². The Kier molecular flexibility index (Phi) is 2.75. The molecule has 0 unspecified atom stereocenters. The second-order valence-electron chi connectivity index (χ2n) is 4.69. The fourth-order valence-electron chi connectivity index (χ4n) is 2.46. The lowest BCUT2D eigenvalue weighted by Gasteiger charge is -2.23. The van der Waals surface area contributed by atoms with Gasteiger partial charge in [0.05, 0.1) is 11.4 Å². The molecule has 0 aromatic heterocycles. The van der Waals surface area contributed by atoms with Crippen LogP contribution in [-0.2, 0) is 0 Å². The Morgan fingerprint density at radius 1 is 0.800 bits per heavy atom. The zero-order valence-corrected chi connectivity index (χ0v) is 11.6. The van der Waals surface area contributed by atoms with E-state index in [0.29, 0.717) is 0 Å². The predicted molar refractivity (Wildman–Crippen MR) is 84.6 cm³/mol. The molecule has 0 saturated carbocycles. The molecule has 0 bridgehead atoms. The number of anilines is 2. The van der Waals surface area contributed by atoms with E-state index in [-0.39, 0.29) is 0 Å². The Labute approximate surface area is 122 Å². The van der Waals surface area contributed by atoms with Gasteiger partial charge in [0.15, 0.2) is 0 Å². The number of rotatable bonds is 1. The van der Waals surface area contributed by atoms with Gasteiger partial charge in [0, 0.05) is 15.4 Å². The van der Waals surface area contributed by atoms with Crippen LogP contribution in [0.2, 0.25) is 0 Å². The topological polar surface area (TPSA) is 12.0 Å². The van der Waals surface area contributed by atoms with Crippen LogP contribution in [0.4, 0.5) is 11.4 Å². The van der Waals surface area contributed by atoms with Crippen LogP contribution in [0.1, 0.15) is 0 Å². The van der Waals surface area contributed by atoms with E-state index in [1.165, 1.54) is 32.3 Å². The third-order valence-electron chi connectivity index (χ3n) is 3.42. The maximum absolute atomic E-state index is 3.58. The van der Waals surface area contributed by atoms with Gasteiger partial charge in [-0.15, -0.1) is 0 Å². The summed E-state index contributed by atoms with van der Waals surface area (Å²) in [5.74, 6) is 0. The van der Waals surface area contributed by atoms with Gasteiger partial charge in [-0.1, -0.05) is 60.3 Å². The van der Waals surface area contributed by atoms with Gasteiger partial charge < -0.3 is 5.32 Å². The van der Waals surface area contributed by atoms with Crippen molar-refractivity contribution in [2.75, 3.05) is 5.32 Å². The van der Waals surface area contributed by atoms with Crippen molar-refractivity contribution in [2.24, 2.45) is 0 Å². The summed E-state index contributed by atoms with van der Waals surface area (Å²) in [5.41, 5.74) is 4.83. The normalized spacial score (nSPS) is 12.2. The first kappa shape index (κ1) is 11.6. The molecule has 2 heteroatoms. The Bertz CT molecular complexity index is 765. The minimum absolute atomic E-state index is 1.18. The first-order valence-electron chi connectivity index (χ1n) is 6.55. The highest BCUT2D eigenvalue weighted by molar-refractivity contribution is 7.99. The molecule has 1 radical (unpaired) electrons. The van der Waals surface area contributed by atoms with E-state index < -0.39 is 0 Å². The van der Waals surface area contributed by atoms with Crippen LogP contribution in [-0.4, -0.2) is 0 Å². The number of hydrogen-bond donors (Lipinski definition) is 1. The number of fused-ring (bicyclic) bond motifs is 2. The van der Waals surface area contributed by atoms with Gasteiger partial charge in [-0.05, 0) is 29.8 Å². The van der Waals surface area contributed by atoms with Crippen LogP contribution in [0, 0.1) is 6.07 Å². The lowest BCUT2D eigenvalue weighted by atomic mass is 10.0. The van der Waals surface area contributed by atoms with Gasteiger partial charge in [0.1, 0.15) is 0 Å². The second kappa shape index (κ2) is 4.73. The van der Waals surface area contributed by atoms with Crippen LogP contribution in [0.15, 0.2) is 76.5 Å². The molecule has 1 aliphatic heterocycles. The lowest BCUT2D eigenvalue weighted by Crippen LogP contribution is -2.01. The maximum atomic E-state index is 3.58. The minimum atomic E-state index is 1.18. The molecule has 3 aromatic rings. The van der Waals surface area contributed by atoms with Crippen LogP contribution in [0.5, 0.6) is 0 Å². The molecule has 0 amide bonds. The van der Waals surface area contributed by atoms with E-state index in [4.69, 9.17) is 0 Å². The molecule has 0 aliphatic carbocycles. The van der Waals surface area contributed by atoms with Crippen molar-refractivity contribution in [1.29, 1.82) is 0 Å². The number of benzene rings is 3. The molecule has 0 spiro atoms. The predicted octanol–water partition coefficient (Wildman–Crippen LogP) is 5.36. The minimum Gasteiger partial charge on any atom is -0.353 e. The Morgan fingerprint density at radius 2 is 1.60 bits per heavy atom. The van der Waals surface area contributed by atoms with Gasteiger partial charge in [0.25, 0.3) is 0 Å². The number of hydrogen-bond acceptors (Lipinski definition) is 2. The highest BCUT2D eigenvalue weighted by atomic mass is 32.2. The standard InChI is InChI=1S/C18H12NS/c1-2-7-13(8-3-1)14-9-6-12-17-18(14)19-15-10-4-5-11-16(15)20-17/h2-12,19H. The van der Waals surface area contributed by atoms with E-state index in [0.717, 1.165) is 0 Å². The molecule has 1 N–H and O–H groups in total. The van der Waals surface area contributed by atoms with E-state index in [1.807, 2.05) is 23.9 Å². The van der Waals surface area contributed by atoms with Crippen LogP contribution < -0.4 is 5.32 Å². The molecule has 1 nitrogen and oxygen atoms in total. The first-order valence-corrected chi connectivity index (χ1v) is 7.37. The maximum Gasteiger partial charge on any atom is 0.0606 e. The van der Waals surface area contributed by atoms with E-state index in [9.17, 15) is 0 Å². The summed E-state index contributed by atoms with van der Waals surface area (Å²) in [6, 6.07) is 26.1. The van der Waals surface area contributed by atoms with Gasteiger partial charge in [-0.25, -0.2) is 0 Å². The highest BCUT2D eigenvalue weighted by Crippen LogP contribution is 2.47. The zero-order chi connectivity index (χ0) is 13.4. The summed E-state index contributed by atoms with van der Waals surface area (Å²) in [6.07, 6.45) is 0.